The molecule has 2 unspecified atom stereocenters. The molecular weight excluding hydrogens is 210 g/mol. The largest absolute Gasteiger partial charge is 0.393 e. The standard InChI is InChI=1S/C15H19NO/c1-10(2)15(11(3)17)14-9-8-12-6-4-5-7-13(12)16-14/h4-11,15,17H,1-3H3. The summed E-state index contributed by atoms with van der Waals surface area (Å²) in [6.07, 6.45) is -0.372. The lowest BCUT2D eigenvalue weighted by molar-refractivity contribution is 0.138. The van der Waals surface area contributed by atoms with Gasteiger partial charge in [-0.3, -0.25) is 4.98 Å². The molecule has 90 valence electrons. The molecule has 0 saturated heterocycles. The van der Waals surface area contributed by atoms with E-state index in [9.17, 15) is 5.11 Å². The Labute approximate surface area is 102 Å². The van der Waals surface area contributed by atoms with Gasteiger partial charge in [-0.15, -0.1) is 0 Å². The summed E-state index contributed by atoms with van der Waals surface area (Å²) in [6, 6.07) is 12.2. The number of aliphatic hydroxyl groups is 1. The minimum absolute atomic E-state index is 0.0969. The maximum Gasteiger partial charge on any atom is 0.0705 e. The summed E-state index contributed by atoms with van der Waals surface area (Å²) in [5, 5.41) is 11.0. The van der Waals surface area contributed by atoms with E-state index in [0.29, 0.717) is 5.92 Å². The van der Waals surface area contributed by atoms with Crippen LogP contribution in [0, 0.1) is 5.92 Å². The number of rotatable bonds is 3. The normalized spacial score (nSPS) is 15.1. The molecule has 0 bridgehead atoms. The third-order valence-corrected chi connectivity index (χ3v) is 3.20. The molecular formula is C15H19NO. The Kier molecular flexibility index (Phi) is 3.43. The molecule has 1 N–H and O–H groups in total. The highest BCUT2D eigenvalue weighted by molar-refractivity contribution is 5.78. The molecule has 1 aromatic carbocycles. The number of nitrogens with zero attached hydrogens (tertiary/aromatic N) is 1. The molecule has 1 heterocycles. The fraction of sp³-hybridized carbons (Fsp3) is 0.400. The van der Waals surface area contributed by atoms with E-state index in [1.165, 1.54) is 0 Å². The summed E-state index contributed by atoms with van der Waals surface area (Å²) in [6.45, 7) is 6.07. The van der Waals surface area contributed by atoms with Crippen molar-refractivity contribution in [2.45, 2.75) is 32.8 Å². The predicted molar refractivity (Wildman–Crippen MR) is 71.0 cm³/mol. The van der Waals surface area contributed by atoms with Crippen LogP contribution in [0.5, 0.6) is 0 Å². The van der Waals surface area contributed by atoms with Crippen LogP contribution < -0.4 is 0 Å². The summed E-state index contributed by atoms with van der Waals surface area (Å²) < 4.78 is 0. The Bertz CT molecular complexity index is 497. The number of pyridine rings is 1. The molecule has 0 aliphatic heterocycles. The second-order valence-corrected chi connectivity index (χ2v) is 4.94. The molecule has 2 atom stereocenters. The SMILES string of the molecule is CC(C)C(c1ccc2ccccc2n1)C(C)O. The second kappa shape index (κ2) is 4.84. The smallest absolute Gasteiger partial charge is 0.0705 e. The molecule has 0 amide bonds. The molecule has 0 saturated carbocycles. The third kappa shape index (κ3) is 2.47. The van der Waals surface area contributed by atoms with Crippen LogP contribution >= 0.6 is 0 Å². The van der Waals surface area contributed by atoms with Gasteiger partial charge in [0, 0.05) is 17.0 Å². The zero-order chi connectivity index (χ0) is 12.4. The lowest BCUT2D eigenvalue weighted by atomic mass is 9.87. The van der Waals surface area contributed by atoms with Crippen molar-refractivity contribution in [3.05, 3.63) is 42.1 Å². The Morgan fingerprint density at radius 3 is 2.35 bits per heavy atom. The van der Waals surface area contributed by atoms with Crippen molar-refractivity contribution < 1.29 is 5.11 Å². The monoisotopic (exact) mass is 229 g/mol. The molecule has 2 nitrogen and oxygen atoms in total. The van der Waals surface area contributed by atoms with Crippen LogP contribution in [0.2, 0.25) is 0 Å². The van der Waals surface area contributed by atoms with E-state index in [0.717, 1.165) is 16.6 Å². The van der Waals surface area contributed by atoms with Gasteiger partial charge in [-0.2, -0.15) is 0 Å². The number of benzene rings is 1. The lowest BCUT2D eigenvalue weighted by Gasteiger charge is -2.23. The van der Waals surface area contributed by atoms with Crippen molar-refractivity contribution >= 4 is 10.9 Å². The van der Waals surface area contributed by atoms with Crippen LogP contribution in [0.15, 0.2) is 36.4 Å². The van der Waals surface area contributed by atoms with Crippen molar-refractivity contribution in [3.63, 3.8) is 0 Å². The van der Waals surface area contributed by atoms with Gasteiger partial charge in [-0.1, -0.05) is 38.1 Å². The highest BCUT2D eigenvalue weighted by Gasteiger charge is 2.22. The molecule has 2 aromatic rings. The highest BCUT2D eigenvalue weighted by atomic mass is 16.3. The number of hydrogen-bond donors (Lipinski definition) is 1. The summed E-state index contributed by atoms with van der Waals surface area (Å²) in [5.41, 5.74) is 1.98. The maximum atomic E-state index is 9.87. The molecule has 2 heteroatoms. The van der Waals surface area contributed by atoms with Crippen LogP contribution in [0.3, 0.4) is 0 Å². The van der Waals surface area contributed by atoms with E-state index < -0.39 is 0 Å². The van der Waals surface area contributed by atoms with Gasteiger partial charge in [0.2, 0.25) is 0 Å². The van der Waals surface area contributed by atoms with Gasteiger partial charge in [0.1, 0.15) is 0 Å². The average molecular weight is 229 g/mol. The van der Waals surface area contributed by atoms with Gasteiger partial charge >= 0.3 is 0 Å². The number of fused-ring (bicyclic) bond motifs is 1. The quantitative estimate of drug-likeness (QED) is 0.875. The van der Waals surface area contributed by atoms with Gasteiger partial charge in [-0.05, 0) is 25.0 Å². The topological polar surface area (TPSA) is 33.1 Å². The van der Waals surface area contributed by atoms with E-state index in [1.54, 1.807) is 0 Å². The van der Waals surface area contributed by atoms with Crippen molar-refractivity contribution in [2.24, 2.45) is 5.92 Å². The number of hydrogen-bond acceptors (Lipinski definition) is 2. The van der Waals surface area contributed by atoms with Crippen molar-refractivity contribution in [3.8, 4) is 0 Å². The van der Waals surface area contributed by atoms with E-state index in [1.807, 2.05) is 31.2 Å². The van der Waals surface area contributed by atoms with E-state index in [4.69, 9.17) is 0 Å². The first-order valence-corrected chi connectivity index (χ1v) is 6.13. The van der Waals surface area contributed by atoms with Gasteiger partial charge in [0.15, 0.2) is 0 Å². The van der Waals surface area contributed by atoms with Crippen LogP contribution in [-0.2, 0) is 0 Å². The van der Waals surface area contributed by atoms with Gasteiger partial charge in [0.25, 0.3) is 0 Å². The summed E-state index contributed by atoms with van der Waals surface area (Å²) in [7, 11) is 0. The van der Waals surface area contributed by atoms with Crippen LogP contribution in [0.25, 0.3) is 10.9 Å². The molecule has 0 fully saturated rings. The Morgan fingerprint density at radius 2 is 1.71 bits per heavy atom. The van der Waals surface area contributed by atoms with E-state index >= 15 is 0 Å². The van der Waals surface area contributed by atoms with Crippen molar-refractivity contribution in [2.75, 3.05) is 0 Å². The molecule has 2 rings (SSSR count). The summed E-state index contributed by atoms with van der Waals surface area (Å²) in [4.78, 5) is 4.66. The highest BCUT2D eigenvalue weighted by Crippen LogP contribution is 2.27. The minimum Gasteiger partial charge on any atom is -0.393 e. The first-order chi connectivity index (χ1) is 8.09. The lowest BCUT2D eigenvalue weighted by Crippen LogP contribution is -2.21. The number of aromatic nitrogens is 1. The zero-order valence-electron chi connectivity index (χ0n) is 10.6. The first kappa shape index (κ1) is 12.1. The maximum absolute atomic E-state index is 9.87. The Balaban J connectivity index is 2.47. The second-order valence-electron chi connectivity index (χ2n) is 4.94. The van der Waals surface area contributed by atoms with Crippen LogP contribution in [-0.4, -0.2) is 16.2 Å². The van der Waals surface area contributed by atoms with Gasteiger partial charge in [-0.25, -0.2) is 0 Å². The first-order valence-electron chi connectivity index (χ1n) is 6.13. The van der Waals surface area contributed by atoms with Gasteiger partial charge < -0.3 is 5.11 Å². The molecule has 0 radical (unpaired) electrons. The fourth-order valence-corrected chi connectivity index (χ4v) is 2.41. The van der Waals surface area contributed by atoms with E-state index in [2.05, 4.69) is 31.0 Å². The van der Waals surface area contributed by atoms with Crippen LogP contribution in [0.4, 0.5) is 0 Å². The zero-order valence-corrected chi connectivity index (χ0v) is 10.6. The molecule has 0 aliphatic carbocycles. The summed E-state index contributed by atoms with van der Waals surface area (Å²) in [5.74, 6) is 0.475. The molecule has 0 spiro atoms. The Morgan fingerprint density at radius 1 is 1.00 bits per heavy atom. The van der Waals surface area contributed by atoms with Crippen LogP contribution in [0.1, 0.15) is 32.4 Å². The number of para-hydroxylation sites is 1. The minimum atomic E-state index is -0.372. The summed E-state index contributed by atoms with van der Waals surface area (Å²) >= 11 is 0. The Hall–Kier alpha value is -1.41. The predicted octanol–water partition coefficient (Wildman–Crippen LogP) is 3.36. The van der Waals surface area contributed by atoms with E-state index in [-0.39, 0.29) is 12.0 Å². The molecule has 17 heavy (non-hydrogen) atoms. The van der Waals surface area contributed by atoms with Crippen molar-refractivity contribution in [1.82, 2.24) is 4.98 Å². The molecule has 1 aromatic heterocycles. The van der Waals surface area contributed by atoms with Crippen molar-refractivity contribution in [1.29, 1.82) is 0 Å². The average Bonchev–Trinajstić information content (AvgIpc) is 2.28. The fourth-order valence-electron chi connectivity index (χ4n) is 2.41. The molecule has 0 aliphatic rings. The number of aliphatic hydroxyl groups excluding tert-OH is 1. The third-order valence-electron chi connectivity index (χ3n) is 3.20. The van der Waals surface area contributed by atoms with Gasteiger partial charge in [0.05, 0.1) is 11.6 Å².